The number of piperazine rings is 1. The monoisotopic (exact) mass is 392 g/mol. The van der Waals surface area contributed by atoms with Gasteiger partial charge >= 0.3 is 0 Å². The van der Waals surface area contributed by atoms with Crippen LogP contribution in [0.25, 0.3) is 10.9 Å². The van der Waals surface area contributed by atoms with E-state index in [0.717, 1.165) is 28.3 Å². The summed E-state index contributed by atoms with van der Waals surface area (Å²) < 4.78 is 0. The number of fused-ring (bicyclic) bond motifs is 1. The minimum atomic E-state index is 0.415. The summed E-state index contributed by atoms with van der Waals surface area (Å²) in [6, 6.07) is 10.1. The van der Waals surface area contributed by atoms with Crippen molar-refractivity contribution < 1.29 is 0 Å². The van der Waals surface area contributed by atoms with E-state index in [9.17, 15) is 0 Å². The molecule has 1 aliphatic heterocycles. The smallest absolute Gasteiger partial charge is 0.137 e. The highest BCUT2D eigenvalue weighted by Gasteiger charge is 2.29. The molecule has 1 aliphatic carbocycles. The van der Waals surface area contributed by atoms with Crippen LogP contribution in [-0.4, -0.2) is 64.1 Å². The summed E-state index contributed by atoms with van der Waals surface area (Å²) in [6.45, 7) is 9.43. The van der Waals surface area contributed by atoms with Gasteiger partial charge in [0.15, 0.2) is 0 Å². The van der Waals surface area contributed by atoms with Crippen LogP contribution in [0.2, 0.25) is 0 Å². The van der Waals surface area contributed by atoms with Crippen LogP contribution >= 0.6 is 0 Å². The molecule has 0 atom stereocenters. The molecule has 0 amide bonds. The van der Waals surface area contributed by atoms with Crippen molar-refractivity contribution in [2.45, 2.75) is 64.1 Å². The summed E-state index contributed by atoms with van der Waals surface area (Å²) in [5.41, 5.74) is 1.91. The lowest BCUT2D eigenvalue weighted by Gasteiger charge is -2.43. The molecule has 1 saturated carbocycles. The van der Waals surface area contributed by atoms with Crippen molar-refractivity contribution in [3.63, 3.8) is 0 Å². The molecule has 0 spiro atoms. The number of nitriles is 1. The first-order valence-electron chi connectivity index (χ1n) is 11.0. The van der Waals surface area contributed by atoms with Crippen molar-refractivity contribution in [2.75, 3.05) is 31.5 Å². The largest absolute Gasteiger partial charge is 0.367 e. The van der Waals surface area contributed by atoms with Gasteiger partial charge in [0.1, 0.15) is 12.1 Å². The molecule has 1 N–H and O–H groups in total. The second kappa shape index (κ2) is 9.06. The summed E-state index contributed by atoms with van der Waals surface area (Å²) in [7, 11) is 0. The van der Waals surface area contributed by atoms with Gasteiger partial charge in [-0.25, -0.2) is 9.97 Å². The molecule has 154 valence electrons. The maximum absolute atomic E-state index is 8.91. The van der Waals surface area contributed by atoms with E-state index in [2.05, 4.69) is 45.0 Å². The highest BCUT2D eigenvalue weighted by molar-refractivity contribution is 5.89. The standard InChI is InChI=1S/C23H32N6/c1-17(2)28-11-13-29(14-12-28)20-6-4-19(5-7-20)27-23-21-8-3-18(9-10-24)15-22(21)25-16-26-23/h3,8,15-17,19-20H,4-7,9,11-14H2,1-2H3,(H,25,26,27)/t19-,20+. The zero-order valence-corrected chi connectivity index (χ0v) is 17.6. The number of anilines is 1. The quantitative estimate of drug-likeness (QED) is 0.841. The minimum Gasteiger partial charge on any atom is -0.367 e. The molecule has 0 unspecified atom stereocenters. The predicted molar refractivity (Wildman–Crippen MR) is 117 cm³/mol. The average molecular weight is 393 g/mol. The molecule has 2 fully saturated rings. The van der Waals surface area contributed by atoms with Crippen LogP contribution in [0.1, 0.15) is 45.1 Å². The van der Waals surface area contributed by atoms with Crippen LogP contribution in [0.4, 0.5) is 5.82 Å². The average Bonchev–Trinajstić information content (AvgIpc) is 2.75. The van der Waals surface area contributed by atoms with Crippen LogP contribution < -0.4 is 5.32 Å². The fraction of sp³-hybridized carbons (Fsp3) is 0.609. The van der Waals surface area contributed by atoms with E-state index in [-0.39, 0.29) is 0 Å². The van der Waals surface area contributed by atoms with E-state index in [0.29, 0.717) is 18.5 Å². The van der Waals surface area contributed by atoms with Crippen LogP contribution in [0.3, 0.4) is 0 Å². The Labute approximate surface area is 173 Å². The van der Waals surface area contributed by atoms with Gasteiger partial charge in [-0.1, -0.05) is 6.07 Å². The maximum Gasteiger partial charge on any atom is 0.137 e. The second-order valence-corrected chi connectivity index (χ2v) is 8.72. The molecule has 0 bridgehead atoms. The number of nitrogens with zero attached hydrogens (tertiary/aromatic N) is 5. The van der Waals surface area contributed by atoms with Gasteiger partial charge in [-0.05, 0) is 57.2 Å². The number of benzene rings is 1. The summed E-state index contributed by atoms with van der Waals surface area (Å²) in [5, 5.41) is 13.6. The van der Waals surface area contributed by atoms with Crippen molar-refractivity contribution in [2.24, 2.45) is 0 Å². The molecule has 2 aromatic rings. The minimum absolute atomic E-state index is 0.415. The molecule has 4 rings (SSSR count). The van der Waals surface area contributed by atoms with Gasteiger partial charge in [0, 0.05) is 49.7 Å². The van der Waals surface area contributed by atoms with Gasteiger partial charge in [-0.3, -0.25) is 9.80 Å². The first kappa shape index (κ1) is 20.1. The van der Waals surface area contributed by atoms with Gasteiger partial charge < -0.3 is 5.32 Å². The van der Waals surface area contributed by atoms with Gasteiger partial charge in [0.05, 0.1) is 18.0 Å². The fourth-order valence-corrected chi connectivity index (χ4v) is 4.82. The lowest BCUT2D eigenvalue weighted by molar-refractivity contribution is 0.0631. The molecule has 2 aliphatic rings. The Morgan fingerprint density at radius 1 is 1.10 bits per heavy atom. The Kier molecular flexibility index (Phi) is 6.27. The van der Waals surface area contributed by atoms with Gasteiger partial charge in [-0.15, -0.1) is 0 Å². The summed E-state index contributed by atoms with van der Waals surface area (Å²) in [6.07, 6.45) is 6.93. The molecule has 29 heavy (non-hydrogen) atoms. The summed E-state index contributed by atoms with van der Waals surface area (Å²) in [4.78, 5) is 14.2. The van der Waals surface area contributed by atoms with Crippen LogP contribution in [0.5, 0.6) is 0 Å². The molecule has 6 nitrogen and oxygen atoms in total. The molecule has 1 aromatic heterocycles. The van der Waals surface area contributed by atoms with Crippen molar-refractivity contribution >= 4 is 16.7 Å². The van der Waals surface area contributed by atoms with Crippen molar-refractivity contribution in [3.8, 4) is 6.07 Å². The van der Waals surface area contributed by atoms with Gasteiger partial charge in [0.25, 0.3) is 0 Å². The Bertz CT molecular complexity index is 857. The maximum atomic E-state index is 8.91. The molecular formula is C23H32N6. The molecule has 1 saturated heterocycles. The zero-order valence-electron chi connectivity index (χ0n) is 17.6. The predicted octanol–water partition coefficient (Wildman–Crippen LogP) is 3.44. The number of rotatable bonds is 5. The van der Waals surface area contributed by atoms with Crippen molar-refractivity contribution in [1.29, 1.82) is 5.26 Å². The van der Waals surface area contributed by atoms with E-state index >= 15 is 0 Å². The summed E-state index contributed by atoms with van der Waals surface area (Å²) >= 11 is 0. The van der Waals surface area contributed by atoms with E-state index in [1.54, 1.807) is 6.33 Å². The lowest BCUT2D eigenvalue weighted by Crippen LogP contribution is -2.53. The summed E-state index contributed by atoms with van der Waals surface area (Å²) in [5.74, 6) is 0.924. The van der Waals surface area contributed by atoms with Crippen molar-refractivity contribution in [3.05, 3.63) is 30.1 Å². The Morgan fingerprint density at radius 3 is 2.55 bits per heavy atom. The topological polar surface area (TPSA) is 68.1 Å². The van der Waals surface area contributed by atoms with Gasteiger partial charge in [0.2, 0.25) is 0 Å². The van der Waals surface area contributed by atoms with Crippen molar-refractivity contribution in [1.82, 2.24) is 19.8 Å². The SMILES string of the molecule is CC(C)N1CCN([C@H]2CC[C@@H](Nc3ncnc4cc(CC#N)ccc34)CC2)CC1. The normalized spacial score (nSPS) is 23.9. The highest BCUT2D eigenvalue weighted by Crippen LogP contribution is 2.28. The van der Waals surface area contributed by atoms with E-state index < -0.39 is 0 Å². The second-order valence-electron chi connectivity index (χ2n) is 8.72. The number of aromatic nitrogens is 2. The van der Waals surface area contributed by atoms with E-state index in [1.807, 2.05) is 18.2 Å². The van der Waals surface area contributed by atoms with Crippen LogP contribution in [0, 0.1) is 11.3 Å². The molecule has 6 heteroatoms. The lowest BCUT2D eigenvalue weighted by atomic mass is 9.89. The number of hydrogen-bond donors (Lipinski definition) is 1. The first-order chi connectivity index (χ1) is 14.1. The van der Waals surface area contributed by atoms with Crippen LogP contribution in [0.15, 0.2) is 24.5 Å². The van der Waals surface area contributed by atoms with E-state index in [1.165, 1.54) is 51.9 Å². The Morgan fingerprint density at radius 2 is 1.86 bits per heavy atom. The number of hydrogen-bond acceptors (Lipinski definition) is 6. The molecule has 0 radical (unpaired) electrons. The third kappa shape index (κ3) is 4.68. The Hall–Kier alpha value is -2.23. The third-order valence-corrected chi connectivity index (χ3v) is 6.62. The number of nitrogens with one attached hydrogen (secondary N) is 1. The molecule has 2 heterocycles. The fourth-order valence-electron chi connectivity index (χ4n) is 4.82. The third-order valence-electron chi connectivity index (χ3n) is 6.62. The van der Waals surface area contributed by atoms with Gasteiger partial charge in [-0.2, -0.15) is 5.26 Å². The molecular weight excluding hydrogens is 360 g/mol. The Balaban J connectivity index is 1.34. The highest BCUT2D eigenvalue weighted by atomic mass is 15.3. The molecule has 1 aromatic carbocycles. The first-order valence-corrected chi connectivity index (χ1v) is 11.0. The zero-order chi connectivity index (χ0) is 20.2. The van der Waals surface area contributed by atoms with E-state index in [4.69, 9.17) is 5.26 Å². The van der Waals surface area contributed by atoms with Crippen LogP contribution in [-0.2, 0) is 6.42 Å².